The van der Waals surface area contributed by atoms with Crippen LogP contribution in [0.25, 0.3) is 6.08 Å². The molecule has 10 nitrogen and oxygen atoms in total. The number of carbonyl (C=O) groups excluding carboxylic acids is 1. The summed E-state index contributed by atoms with van der Waals surface area (Å²) in [6.45, 7) is 9.37. The van der Waals surface area contributed by atoms with Gasteiger partial charge in [-0.2, -0.15) is 5.26 Å². The van der Waals surface area contributed by atoms with Gasteiger partial charge in [-0.25, -0.2) is 9.79 Å². The van der Waals surface area contributed by atoms with Crippen LogP contribution in [0.1, 0.15) is 51.8 Å². The summed E-state index contributed by atoms with van der Waals surface area (Å²) < 4.78 is 29.9. The second kappa shape index (κ2) is 13.8. The first-order chi connectivity index (χ1) is 20.6. The van der Waals surface area contributed by atoms with Crippen LogP contribution in [-0.2, 0) is 9.53 Å². The molecule has 1 atom stereocenters. The molecule has 1 aliphatic rings. The van der Waals surface area contributed by atoms with E-state index in [2.05, 4.69) is 4.99 Å². The van der Waals surface area contributed by atoms with Crippen LogP contribution in [-0.4, -0.2) is 43.6 Å². The Morgan fingerprint density at radius 3 is 2.58 bits per heavy atom. The first-order valence-electron chi connectivity index (χ1n) is 13.6. The van der Waals surface area contributed by atoms with Gasteiger partial charge in [0, 0.05) is 0 Å². The highest BCUT2D eigenvalue weighted by molar-refractivity contribution is 7.07. The summed E-state index contributed by atoms with van der Waals surface area (Å²) in [6.07, 6.45) is 1.59. The molecule has 0 spiro atoms. The zero-order valence-corrected chi connectivity index (χ0v) is 26.3. The van der Waals surface area contributed by atoms with Crippen molar-refractivity contribution in [2.75, 3.05) is 26.9 Å². The van der Waals surface area contributed by atoms with Crippen LogP contribution in [0.3, 0.4) is 0 Å². The van der Waals surface area contributed by atoms with Gasteiger partial charge in [0.1, 0.15) is 6.07 Å². The molecule has 0 N–H and O–H groups in total. The molecule has 0 saturated heterocycles. The third-order valence-corrected chi connectivity index (χ3v) is 7.56. The largest absolute Gasteiger partial charge is 0.493 e. The van der Waals surface area contributed by atoms with Gasteiger partial charge in [0.15, 0.2) is 34.4 Å². The molecule has 0 unspecified atom stereocenters. The zero-order chi connectivity index (χ0) is 31.3. The number of hydrogen-bond acceptors (Lipinski definition) is 10. The number of allylic oxidation sites excluding steroid dienone is 1. The van der Waals surface area contributed by atoms with Gasteiger partial charge >= 0.3 is 5.97 Å². The molecule has 1 aromatic heterocycles. The number of benzene rings is 2. The van der Waals surface area contributed by atoms with Gasteiger partial charge in [-0.05, 0) is 76.1 Å². The lowest BCUT2D eigenvalue weighted by molar-refractivity contribution is -0.139. The van der Waals surface area contributed by atoms with Crippen LogP contribution >= 0.6 is 22.9 Å². The molecule has 0 saturated carbocycles. The number of ether oxygens (including phenoxy) is 5. The number of nitriles is 1. The number of fused-ring (bicyclic) bond motifs is 1. The lowest BCUT2D eigenvalue weighted by Gasteiger charge is -2.25. The van der Waals surface area contributed by atoms with Crippen LogP contribution in [0, 0.1) is 11.3 Å². The maximum atomic E-state index is 14.0. The molecule has 1 aliphatic heterocycles. The fourth-order valence-electron chi connectivity index (χ4n) is 4.64. The first kappa shape index (κ1) is 31.7. The van der Waals surface area contributed by atoms with E-state index in [0.29, 0.717) is 50.0 Å². The fourth-order valence-corrected chi connectivity index (χ4v) is 5.96. The van der Waals surface area contributed by atoms with Gasteiger partial charge in [-0.3, -0.25) is 9.36 Å². The first-order valence-corrected chi connectivity index (χ1v) is 14.8. The Morgan fingerprint density at radius 2 is 1.93 bits per heavy atom. The van der Waals surface area contributed by atoms with E-state index in [4.69, 9.17) is 40.5 Å². The maximum absolute atomic E-state index is 14.0. The van der Waals surface area contributed by atoms with Crippen molar-refractivity contribution < 1.29 is 28.5 Å². The third-order valence-electron chi connectivity index (χ3n) is 6.29. The lowest BCUT2D eigenvalue weighted by Crippen LogP contribution is -2.40. The van der Waals surface area contributed by atoms with Crippen molar-refractivity contribution in [2.24, 2.45) is 4.99 Å². The van der Waals surface area contributed by atoms with Crippen LogP contribution in [0.15, 0.2) is 51.4 Å². The maximum Gasteiger partial charge on any atom is 0.338 e. The highest BCUT2D eigenvalue weighted by atomic mass is 35.5. The van der Waals surface area contributed by atoms with Crippen molar-refractivity contribution in [3.63, 3.8) is 0 Å². The molecule has 2 aromatic carbocycles. The highest BCUT2D eigenvalue weighted by Gasteiger charge is 2.34. The molecule has 12 heteroatoms. The summed E-state index contributed by atoms with van der Waals surface area (Å²) >= 11 is 7.66. The number of halogens is 1. The summed E-state index contributed by atoms with van der Waals surface area (Å²) in [5.41, 5.74) is 1.54. The summed E-state index contributed by atoms with van der Waals surface area (Å²) in [6, 6.07) is 9.71. The number of esters is 1. The summed E-state index contributed by atoms with van der Waals surface area (Å²) in [7, 11) is 1.53. The van der Waals surface area contributed by atoms with E-state index in [-0.39, 0.29) is 41.2 Å². The fraction of sp³-hybridized carbons (Fsp3) is 0.355. The summed E-state index contributed by atoms with van der Waals surface area (Å²) in [5, 5.41) is 9.16. The van der Waals surface area contributed by atoms with Gasteiger partial charge in [0.2, 0.25) is 0 Å². The molecular weight excluding hydrogens is 594 g/mol. The second-order valence-corrected chi connectivity index (χ2v) is 11.0. The van der Waals surface area contributed by atoms with E-state index >= 15 is 0 Å². The number of thiazole rings is 1. The minimum atomic E-state index is -0.830. The number of methoxy groups -OCH3 is 1. The average Bonchev–Trinajstić information content (AvgIpc) is 3.26. The van der Waals surface area contributed by atoms with E-state index in [1.54, 1.807) is 50.3 Å². The summed E-state index contributed by atoms with van der Waals surface area (Å²) in [5.74, 6) is 1.03. The number of carbonyl (C=O) groups is 1. The Morgan fingerprint density at radius 1 is 1.16 bits per heavy atom. The highest BCUT2D eigenvalue weighted by Crippen LogP contribution is 2.38. The monoisotopic (exact) mass is 625 g/mol. The van der Waals surface area contributed by atoms with E-state index in [1.807, 2.05) is 26.8 Å². The second-order valence-electron chi connectivity index (χ2n) is 9.59. The predicted molar refractivity (Wildman–Crippen MR) is 163 cm³/mol. The van der Waals surface area contributed by atoms with Crippen molar-refractivity contribution in [2.45, 2.75) is 46.8 Å². The molecule has 0 radical (unpaired) electrons. The molecule has 226 valence electrons. The Labute approximate surface area is 258 Å². The Kier molecular flexibility index (Phi) is 10.2. The number of hydrogen-bond donors (Lipinski definition) is 0. The minimum Gasteiger partial charge on any atom is -0.493 e. The van der Waals surface area contributed by atoms with E-state index in [9.17, 15) is 9.59 Å². The standard InChI is InChI=1S/C31H32ClN3O7S/c1-7-39-24-14-19(13-21(32)28(24)41-12-11-33)15-25-29(36)35-27(20-9-10-22(42-17(3)4)23(16-20)38-6)26(30(37)40-8-2)18(5)34-31(35)43-25/h9-10,13-17,27H,7-8,12H2,1-6H3/b25-15-/t27-/m0/s1. The molecule has 4 rings (SSSR count). The molecule has 0 fully saturated rings. The Bertz CT molecular complexity index is 1790. The molecular formula is C31H32ClN3O7S. The van der Waals surface area contributed by atoms with Gasteiger partial charge < -0.3 is 23.7 Å². The van der Waals surface area contributed by atoms with E-state index in [1.165, 1.54) is 23.0 Å². The van der Waals surface area contributed by atoms with Gasteiger partial charge in [0.05, 0.1) is 53.3 Å². The molecule has 3 aromatic rings. The van der Waals surface area contributed by atoms with Crippen molar-refractivity contribution in [1.29, 1.82) is 5.26 Å². The normalized spacial score (nSPS) is 14.6. The van der Waals surface area contributed by atoms with Crippen LogP contribution in [0.4, 0.5) is 0 Å². The number of rotatable bonds is 11. The topological polar surface area (TPSA) is 121 Å². The van der Waals surface area contributed by atoms with Crippen molar-refractivity contribution in [3.05, 3.63) is 77.4 Å². The van der Waals surface area contributed by atoms with E-state index in [0.717, 1.165) is 0 Å². The van der Waals surface area contributed by atoms with Crippen LogP contribution < -0.4 is 33.8 Å². The lowest BCUT2D eigenvalue weighted by atomic mass is 9.95. The minimum absolute atomic E-state index is 0.0848. The van der Waals surface area contributed by atoms with Crippen LogP contribution in [0.2, 0.25) is 5.02 Å². The van der Waals surface area contributed by atoms with Crippen LogP contribution in [0.5, 0.6) is 23.0 Å². The van der Waals surface area contributed by atoms with Crippen molar-refractivity contribution in [3.8, 4) is 29.1 Å². The number of nitrogens with zero attached hydrogens (tertiary/aromatic N) is 3. The molecule has 43 heavy (non-hydrogen) atoms. The quantitative estimate of drug-likeness (QED) is 0.285. The van der Waals surface area contributed by atoms with Crippen molar-refractivity contribution in [1.82, 2.24) is 4.57 Å². The Balaban J connectivity index is 1.92. The molecule has 0 bridgehead atoms. The van der Waals surface area contributed by atoms with E-state index < -0.39 is 12.0 Å². The average molecular weight is 626 g/mol. The van der Waals surface area contributed by atoms with Gasteiger partial charge in [-0.1, -0.05) is 29.0 Å². The molecule has 0 amide bonds. The smallest absolute Gasteiger partial charge is 0.338 e. The Hall–Kier alpha value is -4.27. The number of aromatic nitrogens is 1. The summed E-state index contributed by atoms with van der Waals surface area (Å²) in [4.78, 5) is 32.3. The third kappa shape index (κ3) is 6.71. The zero-order valence-electron chi connectivity index (χ0n) is 24.7. The SMILES string of the molecule is CCOC(=O)C1=C(C)N=c2s/c(=C\c3cc(Cl)c(OCC#N)c(OCC)c3)c(=O)n2[C@H]1c1ccc(OC(C)C)c(OC)c1. The molecule has 2 heterocycles. The molecule has 0 aliphatic carbocycles. The van der Waals surface area contributed by atoms with Gasteiger partial charge in [0.25, 0.3) is 5.56 Å². The predicted octanol–water partition coefficient (Wildman–Crippen LogP) is 4.55. The van der Waals surface area contributed by atoms with Gasteiger partial charge in [-0.15, -0.1) is 0 Å². The van der Waals surface area contributed by atoms with Crippen molar-refractivity contribution >= 4 is 35.0 Å².